The number of carbonyl (C=O) groups is 1. The summed E-state index contributed by atoms with van der Waals surface area (Å²) >= 11 is 0. The molecule has 31 heavy (non-hydrogen) atoms. The molecule has 0 aliphatic carbocycles. The first-order valence-corrected chi connectivity index (χ1v) is 10.7. The Hall–Kier alpha value is -3.65. The maximum absolute atomic E-state index is 13.6. The van der Waals surface area contributed by atoms with Gasteiger partial charge in [0.05, 0.1) is 12.1 Å². The van der Waals surface area contributed by atoms with E-state index in [0.29, 0.717) is 12.1 Å². The third-order valence-electron chi connectivity index (χ3n) is 5.84. The number of rotatable bonds is 5. The molecular formula is C26H26N4O. The molecular weight excluding hydrogens is 384 g/mol. The first-order valence-electron chi connectivity index (χ1n) is 10.7. The normalized spacial score (nSPS) is 14.1. The van der Waals surface area contributed by atoms with E-state index in [4.69, 9.17) is 5.26 Å². The Labute approximate surface area is 183 Å². The number of hydrogen-bond acceptors (Lipinski definition) is 4. The van der Waals surface area contributed by atoms with E-state index in [0.717, 1.165) is 43.0 Å². The van der Waals surface area contributed by atoms with Crippen LogP contribution in [0.25, 0.3) is 0 Å². The summed E-state index contributed by atoms with van der Waals surface area (Å²) in [4.78, 5) is 22.1. The lowest BCUT2D eigenvalue weighted by Gasteiger charge is -2.35. The zero-order valence-electron chi connectivity index (χ0n) is 17.7. The van der Waals surface area contributed by atoms with E-state index in [1.165, 1.54) is 5.56 Å². The number of benzene rings is 2. The van der Waals surface area contributed by atoms with Crippen LogP contribution < -0.4 is 9.80 Å². The van der Waals surface area contributed by atoms with Gasteiger partial charge in [-0.1, -0.05) is 48.0 Å². The second-order valence-corrected chi connectivity index (χ2v) is 8.02. The molecule has 0 saturated carbocycles. The van der Waals surface area contributed by atoms with E-state index in [-0.39, 0.29) is 11.8 Å². The van der Waals surface area contributed by atoms with Gasteiger partial charge in [0.2, 0.25) is 5.91 Å². The maximum atomic E-state index is 13.6. The molecule has 1 aliphatic rings. The van der Waals surface area contributed by atoms with E-state index in [2.05, 4.69) is 47.1 Å². The molecule has 4 rings (SSSR count). The van der Waals surface area contributed by atoms with Gasteiger partial charge in [-0.05, 0) is 49.6 Å². The van der Waals surface area contributed by atoms with Gasteiger partial charge < -0.3 is 9.80 Å². The molecule has 5 nitrogen and oxygen atoms in total. The van der Waals surface area contributed by atoms with Crippen molar-refractivity contribution >= 4 is 17.4 Å². The molecule has 0 N–H and O–H groups in total. The van der Waals surface area contributed by atoms with Gasteiger partial charge in [-0.25, -0.2) is 4.98 Å². The van der Waals surface area contributed by atoms with Crippen LogP contribution in [0.4, 0.5) is 11.5 Å². The van der Waals surface area contributed by atoms with Crippen molar-refractivity contribution in [2.75, 3.05) is 22.9 Å². The van der Waals surface area contributed by atoms with Crippen molar-refractivity contribution in [1.29, 1.82) is 5.26 Å². The van der Waals surface area contributed by atoms with Crippen LogP contribution in [0.1, 0.15) is 29.5 Å². The molecule has 0 unspecified atom stereocenters. The lowest BCUT2D eigenvalue weighted by atomic mass is 9.94. The molecule has 5 heteroatoms. The molecule has 1 fully saturated rings. The van der Waals surface area contributed by atoms with Crippen molar-refractivity contribution in [3.05, 3.63) is 89.6 Å². The highest BCUT2D eigenvalue weighted by Gasteiger charge is 2.30. The summed E-state index contributed by atoms with van der Waals surface area (Å²) in [5.74, 6) is 1.03. The lowest BCUT2D eigenvalue weighted by molar-refractivity contribution is -0.123. The smallest absolute Gasteiger partial charge is 0.230 e. The fourth-order valence-corrected chi connectivity index (χ4v) is 4.00. The van der Waals surface area contributed by atoms with Crippen LogP contribution >= 0.6 is 0 Å². The number of anilines is 2. The van der Waals surface area contributed by atoms with Crippen LogP contribution in [0, 0.1) is 24.2 Å². The van der Waals surface area contributed by atoms with Crippen LogP contribution in [0.2, 0.25) is 0 Å². The summed E-state index contributed by atoms with van der Waals surface area (Å²) in [5.41, 5.74) is 3.80. The summed E-state index contributed by atoms with van der Waals surface area (Å²) in [6.07, 6.45) is 3.18. The molecule has 0 radical (unpaired) electrons. The van der Waals surface area contributed by atoms with Crippen molar-refractivity contribution in [1.82, 2.24) is 4.98 Å². The number of piperidine rings is 1. The van der Waals surface area contributed by atoms with E-state index < -0.39 is 0 Å². The molecule has 2 heterocycles. The molecule has 1 saturated heterocycles. The topological polar surface area (TPSA) is 60.2 Å². The van der Waals surface area contributed by atoms with Crippen molar-refractivity contribution < 1.29 is 4.79 Å². The van der Waals surface area contributed by atoms with Gasteiger partial charge in [-0.3, -0.25) is 4.79 Å². The molecule has 2 aromatic carbocycles. The minimum absolute atomic E-state index is 0.0142. The summed E-state index contributed by atoms with van der Waals surface area (Å²) < 4.78 is 0. The van der Waals surface area contributed by atoms with E-state index in [9.17, 15) is 4.79 Å². The van der Waals surface area contributed by atoms with Crippen molar-refractivity contribution in [3.63, 3.8) is 0 Å². The lowest BCUT2D eigenvalue weighted by Crippen LogP contribution is -2.42. The second kappa shape index (κ2) is 9.44. The Morgan fingerprint density at radius 2 is 1.77 bits per heavy atom. The minimum atomic E-state index is -0.0142. The van der Waals surface area contributed by atoms with Crippen molar-refractivity contribution in [2.45, 2.75) is 26.3 Å². The Kier molecular flexibility index (Phi) is 6.28. The molecule has 0 bridgehead atoms. The monoisotopic (exact) mass is 410 g/mol. The SMILES string of the molecule is Cc1ccc(N(Cc2ccccc2)C(=O)C2CCN(c3ccc(C#N)cn3)CC2)cc1. The van der Waals surface area contributed by atoms with Gasteiger partial charge in [0, 0.05) is 30.9 Å². The van der Waals surface area contributed by atoms with Gasteiger partial charge in [0.25, 0.3) is 0 Å². The number of pyridine rings is 1. The zero-order chi connectivity index (χ0) is 21.6. The molecule has 0 atom stereocenters. The van der Waals surface area contributed by atoms with Gasteiger partial charge in [0.15, 0.2) is 0 Å². The Bertz CT molecular complexity index is 1050. The van der Waals surface area contributed by atoms with E-state index in [1.807, 2.05) is 41.3 Å². The zero-order valence-corrected chi connectivity index (χ0v) is 17.7. The summed E-state index contributed by atoms with van der Waals surface area (Å²) in [6, 6.07) is 24.1. The minimum Gasteiger partial charge on any atom is -0.357 e. The second-order valence-electron chi connectivity index (χ2n) is 8.02. The van der Waals surface area contributed by atoms with Crippen LogP contribution in [0.3, 0.4) is 0 Å². The molecule has 1 amide bonds. The fraction of sp³-hybridized carbons (Fsp3) is 0.269. The number of hydrogen-bond donors (Lipinski definition) is 0. The highest BCUT2D eigenvalue weighted by Crippen LogP contribution is 2.27. The molecule has 0 spiro atoms. The Balaban J connectivity index is 1.48. The fourth-order valence-electron chi connectivity index (χ4n) is 4.00. The number of nitriles is 1. The predicted octanol–water partition coefficient (Wildman–Crippen LogP) is 4.71. The number of nitrogens with zero attached hydrogens (tertiary/aromatic N) is 4. The van der Waals surface area contributed by atoms with Gasteiger partial charge >= 0.3 is 0 Å². The molecule has 156 valence electrons. The third kappa shape index (κ3) is 4.92. The Morgan fingerprint density at radius 3 is 2.39 bits per heavy atom. The van der Waals surface area contributed by atoms with Crippen molar-refractivity contribution in [2.24, 2.45) is 5.92 Å². The summed E-state index contributed by atoms with van der Waals surface area (Å²) in [5, 5.41) is 8.96. The highest BCUT2D eigenvalue weighted by molar-refractivity contribution is 5.95. The van der Waals surface area contributed by atoms with Crippen LogP contribution in [0.15, 0.2) is 72.9 Å². The van der Waals surface area contributed by atoms with Gasteiger partial charge in [-0.15, -0.1) is 0 Å². The number of carbonyl (C=O) groups excluding carboxylic acids is 1. The average Bonchev–Trinajstić information content (AvgIpc) is 2.84. The molecule has 1 aromatic heterocycles. The van der Waals surface area contributed by atoms with Crippen molar-refractivity contribution in [3.8, 4) is 6.07 Å². The molecule has 3 aromatic rings. The van der Waals surface area contributed by atoms with Crippen LogP contribution in [-0.4, -0.2) is 24.0 Å². The van der Waals surface area contributed by atoms with Gasteiger partial charge in [-0.2, -0.15) is 5.26 Å². The quantitative estimate of drug-likeness (QED) is 0.611. The number of aromatic nitrogens is 1. The summed E-state index contributed by atoms with van der Waals surface area (Å²) in [7, 11) is 0. The standard InChI is InChI=1S/C26H26N4O/c1-20-7-10-24(11-8-20)30(19-21-5-3-2-4-6-21)26(31)23-13-15-29(16-14-23)25-12-9-22(17-27)18-28-25/h2-12,18,23H,13-16,19H2,1H3. The predicted molar refractivity (Wildman–Crippen MR) is 123 cm³/mol. The molecule has 1 aliphatic heterocycles. The average molecular weight is 411 g/mol. The number of amides is 1. The third-order valence-corrected chi connectivity index (χ3v) is 5.84. The van der Waals surface area contributed by atoms with E-state index in [1.54, 1.807) is 12.3 Å². The largest absolute Gasteiger partial charge is 0.357 e. The Morgan fingerprint density at radius 1 is 1.06 bits per heavy atom. The first kappa shape index (κ1) is 20.6. The van der Waals surface area contributed by atoms with E-state index >= 15 is 0 Å². The summed E-state index contributed by atoms with van der Waals surface area (Å²) in [6.45, 7) is 4.19. The first-order chi connectivity index (χ1) is 15.1. The van der Waals surface area contributed by atoms with Gasteiger partial charge in [0.1, 0.15) is 11.9 Å². The maximum Gasteiger partial charge on any atom is 0.230 e. The van der Waals surface area contributed by atoms with Crippen LogP contribution in [0.5, 0.6) is 0 Å². The number of aryl methyl sites for hydroxylation is 1. The van der Waals surface area contributed by atoms with Crippen LogP contribution in [-0.2, 0) is 11.3 Å². The highest BCUT2D eigenvalue weighted by atomic mass is 16.2.